The average molecular weight is 520 g/mol. The summed E-state index contributed by atoms with van der Waals surface area (Å²) in [4.78, 5) is 35.6. The Labute approximate surface area is 220 Å². The summed E-state index contributed by atoms with van der Waals surface area (Å²) in [6.07, 6.45) is -0.417. The summed E-state index contributed by atoms with van der Waals surface area (Å²) in [5.74, 6) is -0.103. The highest BCUT2D eigenvalue weighted by molar-refractivity contribution is 5.99. The van der Waals surface area contributed by atoms with Gasteiger partial charge in [0.25, 0.3) is 0 Å². The lowest BCUT2D eigenvalue weighted by molar-refractivity contribution is 0.00916. The van der Waals surface area contributed by atoms with Gasteiger partial charge in [-0.05, 0) is 30.3 Å². The van der Waals surface area contributed by atoms with E-state index in [2.05, 4.69) is 20.6 Å². The molecule has 2 aromatic carbocycles. The first-order chi connectivity index (χ1) is 18.4. The highest BCUT2D eigenvalue weighted by atomic mass is 16.6. The van der Waals surface area contributed by atoms with Crippen LogP contribution in [0.3, 0.4) is 0 Å². The molecule has 11 heteroatoms. The zero-order chi connectivity index (χ0) is 26.6. The number of rotatable bonds is 7. The van der Waals surface area contributed by atoms with Crippen molar-refractivity contribution in [1.29, 1.82) is 0 Å². The Hall–Kier alpha value is -4.22. The largest absolute Gasteiger partial charge is 0.465 e. The molecule has 0 spiro atoms. The van der Waals surface area contributed by atoms with Crippen LogP contribution in [0.2, 0.25) is 0 Å². The van der Waals surface area contributed by atoms with Crippen molar-refractivity contribution in [2.75, 3.05) is 50.0 Å². The zero-order valence-corrected chi connectivity index (χ0v) is 21.3. The number of benzene rings is 2. The summed E-state index contributed by atoms with van der Waals surface area (Å²) in [6, 6.07) is 16.3. The van der Waals surface area contributed by atoms with Gasteiger partial charge >= 0.3 is 12.1 Å². The van der Waals surface area contributed by atoms with Gasteiger partial charge in [-0.3, -0.25) is 5.32 Å². The second-order valence-electron chi connectivity index (χ2n) is 9.16. The van der Waals surface area contributed by atoms with E-state index >= 15 is 0 Å². The molecule has 2 N–H and O–H groups in total. The van der Waals surface area contributed by atoms with Crippen molar-refractivity contribution in [3.8, 4) is 11.3 Å². The van der Waals surface area contributed by atoms with E-state index in [0.717, 1.165) is 16.9 Å². The van der Waals surface area contributed by atoms with E-state index in [-0.39, 0.29) is 24.3 Å². The Kier molecular flexibility index (Phi) is 7.38. The predicted molar refractivity (Wildman–Crippen MR) is 140 cm³/mol. The number of para-hydroxylation sites is 1. The molecule has 0 saturated carbocycles. The second-order valence-corrected chi connectivity index (χ2v) is 9.16. The third-order valence-corrected chi connectivity index (χ3v) is 6.49. The Bertz CT molecular complexity index is 1300. The molecular weight excluding hydrogens is 490 g/mol. The number of aromatic nitrogens is 2. The molecule has 2 aliphatic heterocycles. The van der Waals surface area contributed by atoms with Gasteiger partial charge in [0.15, 0.2) is 6.10 Å². The van der Waals surface area contributed by atoms with E-state index in [1.54, 1.807) is 30.5 Å². The fourth-order valence-electron chi connectivity index (χ4n) is 4.53. The minimum absolute atomic E-state index is 0.179. The summed E-state index contributed by atoms with van der Waals surface area (Å²) >= 11 is 0. The van der Waals surface area contributed by atoms with E-state index in [9.17, 15) is 9.59 Å². The number of nitrogens with zero attached hydrogens (tertiary/aromatic N) is 3. The monoisotopic (exact) mass is 519 g/mol. The second kappa shape index (κ2) is 11.0. The van der Waals surface area contributed by atoms with Gasteiger partial charge in [-0.1, -0.05) is 24.3 Å². The Morgan fingerprint density at radius 3 is 2.53 bits per heavy atom. The van der Waals surface area contributed by atoms with Crippen LogP contribution in [0.15, 0.2) is 60.8 Å². The lowest BCUT2D eigenvalue weighted by atomic mass is 10.1. The molecule has 4 atom stereocenters. The van der Waals surface area contributed by atoms with Crippen molar-refractivity contribution in [3.05, 3.63) is 66.4 Å². The van der Waals surface area contributed by atoms with Crippen molar-refractivity contribution in [1.82, 2.24) is 9.97 Å². The van der Waals surface area contributed by atoms with Crippen LogP contribution in [0.25, 0.3) is 11.3 Å². The summed E-state index contributed by atoms with van der Waals surface area (Å²) < 4.78 is 22.2. The number of anilines is 3. The Morgan fingerprint density at radius 2 is 1.76 bits per heavy atom. The van der Waals surface area contributed by atoms with Crippen LogP contribution in [0.5, 0.6) is 0 Å². The molecule has 1 aromatic heterocycles. The van der Waals surface area contributed by atoms with Crippen LogP contribution in [-0.4, -0.2) is 80.8 Å². The molecule has 2 saturated heterocycles. The van der Waals surface area contributed by atoms with Crippen molar-refractivity contribution in [2.24, 2.45) is 0 Å². The summed E-state index contributed by atoms with van der Waals surface area (Å²) in [6.45, 7) is 0.520. The van der Waals surface area contributed by atoms with E-state index in [1.807, 2.05) is 49.3 Å². The first kappa shape index (κ1) is 25.4. The quantitative estimate of drug-likeness (QED) is 0.450. The molecule has 2 fully saturated rings. The van der Waals surface area contributed by atoms with E-state index < -0.39 is 24.3 Å². The van der Waals surface area contributed by atoms with Gasteiger partial charge < -0.3 is 29.2 Å². The molecule has 11 nitrogen and oxygen atoms in total. The summed E-state index contributed by atoms with van der Waals surface area (Å²) in [5, 5.41) is 5.91. The molecule has 3 heterocycles. The predicted octanol–water partition coefficient (Wildman–Crippen LogP) is 3.19. The van der Waals surface area contributed by atoms with Crippen molar-refractivity contribution < 1.29 is 28.5 Å². The van der Waals surface area contributed by atoms with E-state index in [0.29, 0.717) is 18.2 Å². The van der Waals surface area contributed by atoms with Crippen LogP contribution in [0.1, 0.15) is 10.4 Å². The minimum atomic E-state index is -0.716. The van der Waals surface area contributed by atoms with E-state index in [1.165, 1.54) is 7.11 Å². The minimum Gasteiger partial charge on any atom is -0.465 e. The third-order valence-electron chi connectivity index (χ3n) is 6.49. The summed E-state index contributed by atoms with van der Waals surface area (Å²) in [5.41, 5.74) is 3.39. The smallest absolute Gasteiger partial charge is 0.412 e. The lowest BCUT2D eigenvalue weighted by Crippen LogP contribution is -2.38. The summed E-state index contributed by atoms with van der Waals surface area (Å²) in [7, 11) is 5.27. The normalized spacial score (nSPS) is 21.9. The van der Waals surface area contributed by atoms with E-state index in [4.69, 9.17) is 18.9 Å². The van der Waals surface area contributed by atoms with Gasteiger partial charge in [0.2, 0.25) is 5.95 Å². The molecule has 1 amide bonds. The molecule has 198 valence electrons. The molecule has 38 heavy (non-hydrogen) atoms. The standard InChI is InChI=1S/C27H29N5O6/c1-32(2)17-10-8-16(9-11-17)19-12-13-28-26(29-19)30-21-14-36-24-22(15-37-23(21)24)38-27(34)31-20-7-5-4-6-18(20)25(33)35-3/h4-13,21-24H,14-15H2,1-3H3,(H,31,34)(H,28,29,30). The lowest BCUT2D eigenvalue weighted by Gasteiger charge is -2.18. The van der Waals surface area contributed by atoms with Crippen LogP contribution >= 0.6 is 0 Å². The number of carbonyl (C=O) groups is 2. The van der Waals surface area contributed by atoms with Crippen molar-refractivity contribution in [3.63, 3.8) is 0 Å². The van der Waals surface area contributed by atoms with Gasteiger partial charge in [0.1, 0.15) is 12.2 Å². The van der Waals surface area contributed by atoms with Crippen molar-refractivity contribution >= 4 is 29.4 Å². The SMILES string of the molecule is COC(=O)c1ccccc1NC(=O)OC1COC2C(Nc3nccc(-c4ccc(N(C)C)cc4)n3)COC12. The van der Waals surface area contributed by atoms with Gasteiger partial charge in [-0.25, -0.2) is 19.6 Å². The number of nitrogens with one attached hydrogen (secondary N) is 2. The first-order valence-electron chi connectivity index (χ1n) is 12.2. The van der Waals surface area contributed by atoms with Gasteiger partial charge in [-0.15, -0.1) is 0 Å². The van der Waals surface area contributed by atoms with Gasteiger partial charge in [0, 0.05) is 31.5 Å². The third kappa shape index (κ3) is 5.38. The van der Waals surface area contributed by atoms with Crippen molar-refractivity contribution in [2.45, 2.75) is 24.4 Å². The maximum Gasteiger partial charge on any atom is 0.412 e. The highest BCUT2D eigenvalue weighted by Gasteiger charge is 2.49. The van der Waals surface area contributed by atoms with Gasteiger partial charge in [-0.2, -0.15) is 0 Å². The molecular formula is C27H29N5O6. The van der Waals surface area contributed by atoms with Crippen LogP contribution in [0.4, 0.5) is 22.1 Å². The number of amides is 1. The fraction of sp³-hybridized carbons (Fsp3) is 0.333. The Morgan fingerprint density at radius 1 is 1.00 bits per heavy atom. The van der Waals surface area contributed by atoms with Crippen LogP contribution < -0.4 is 15.5 Å². The molecule has 5 rings (SSSR count). The first-order valence-corrected chi connectivity index (χ1v) is 12.2. The Balaban J connectivity index is 1.20. The van der Waals surface area contributed by atoms with Crippen LogP contribution in [-0.2, 0) is 18.9 Å². The topological polar surface area (TPSA) is 124 Å². The number of hydrogen-bond acceptors (Lipinski definition) is 10. The molecule has 2 aliphatic rings. The van der Waals surface area contributed by atoms with Crippen LogP contribution in [0, 0.1) is 0 Å². The molecule has 4 unspecified atom stereocenters. The molecule has 3 aromatic rings. The number of hydrogen-bond donors (Lipinski definition) is 2. The maximum atomic E-state index is 12.6. The average Bonchev–Trinajstić information content (AvgIpc) is 3.52. The number of fused-ring (bicyclic) bond motifs is 1. The number of carbonyl (C=O) groups excluding carboxylic acids is 2. The number of esters is 1. The molecule has 0 aliphatic carbocycles. The van der Waals surface area contributed by atoms with Gasteiger partial charge in [0.05, 0.1) is 43.3 Å². The number of ether oxygens (including phenoxy) is 4. The molecule has 0 bridgehead atoms. The fourth-order valence-corrected chi connectivity index (χ4v) is 4.53. The molecule has 0 radical (unpaired) electrons. The maximum absolute atomic E-state index is 12.6. The highest BCUT2D eigenvalue weighted by Crippen LogP contribution is 2.31. The zero-order valence-electron chi connectivity index (χ0n) is 21.3. The number of methoxy groups -OCH3 is 1.